The van der Waals surface area contributed by atoms with Crippen LogP contribution in [0.1, 0.15) is 23.6 Å². The highest BCUT2D eigenvalue weighted by Crippen LogP contribution is 2.45. The van der Waals surface area contributed by atoms with Gasteiger partial charge in [0, 0.05) is 31.0 Å². The number of ether oxygens (including phenoxy) is 3. The Morgan fingerprint density at radius 3 is 2.25 bits per heavy atom. The van der Waals surface area contributed by atoms with Gasteiger partial charge in [-0.05, 0) is 48.4 Å². The van der Waals surface area contributed by atoms with Crippen LogP contribution >= 0.6 is 0 Å². The second-order valence-electron chi connectivity index (χ2n) is 8.11. The van der Waals surface area contributed by atoms with Crippen LogP contribution in [-0.4, -0.2) is 59.1 Å². The molecular weight excluding hydrogens is 469 g/mol. The zero-order chi connectivity index (χ0) is 25.8. The fraction of sp³-hybridized carbons (Fsp3) is 0.269. The number of amides is 1. The number of methoxy groups -OCH3 is 3. The Labute approximate surface area is 207 Å². The van der Waals surface area contributed by atoms with Gasteiger partial charge >= 0.3 is 0 Å². The lowest BCUT2D eigenvalue weighted by Crippen LogP contribution is -2.31. The number of carbonyl (C=O) groups is 2. The van der Waals surface area contributed by atoms with Crippen molar-refractivity contribution in [3.8, 4) is 17.2 Å². The molecule has 188 valence electrons. The highest BCUT2D eigenvalue weighted by molar-refractivity contribution is 6.46. The number of aryl methyl sites for hydroxylation is 1. The first-order valence-electron chi connectivity index (χ1n) is 11.2. The predicted molar refractivity (Wildman–Crippen MR) is 128 cm³/mol. The number of nitrogens with zero attached hydrogens (tertiary/aromatic N) is 3. The van der Waals surface area contributed by atoms with Crippen LogP contribution in [0.4, 0.5) is 4.39 Å². The number of rotatable bonds is 9. The van der Waals surface area contributed by atoms with Crippen molar-refractivity contribution < 1.29 is 33.3 Å². The van der Waals surface area contributed by atoms with Crippen molar-refractivity contribution in [3.05, 3.63) is 77.6 Å². The minimum absolute atomic E-state index is 0.108. The number of imidazole rings is 1. The number of Topliss-reactive ketones (excluding diaryl/α,β-unsaturated/α-hetero) is 1. The molecule has 0 bridgehead atoms. The SMILES string of the molecule is COc1cc([C@@H]2/C(=C(\O)c3ccc(F)cc3)C(=O)C(=O)N2CCCn2ccnc2)cc(OC)c1OC. The normalized spacial score (nSPS) is 16.9. The molecule has 1 fully saturated rings. The Morgan fingerprint density at radius 1 is 1.03 bits per heavy atom. The molecule has 0 saturated carbocycles. The molecule has 0 spiro atoms. The Kier molecular flexibility index (Phi) is 7.23. The van der Waals surface area contributed by atoms with Crippen LogP contribution in [0.25, 0.3) is 5.76 Å². The molecule has 1 aliphatic heterocycles. The third-order valence-electron chi connectivity index (χ3n) is 6.03. The number of aliphatic hydroxyl groups is 1. The molecule has 4 rings (SSSR count). The molecule has 10 heteroatoms. The van der Waals surface area contributed by atoms with Crippen molar-refractivity contribution in [2.45, 2.75) is 19.0 Å². The van der Waals surface area contributed by atoms with E-state index in [0.29, 0.717) is 35.8 Å². The summed E-state index contributed by atoms with van der Waals surface area (Å²) in [5, 5.41) is 11.1. The summed E-state index contributed by atoms with van der Waals surface area (Å²) >= 11 is 0. The number of benzene rings is 2. The minimum atomic E-state index is -0.938. The summed E-state index contributed by atoms with van der Waals surface area (Å²) in [6.45, 7) is 0.799. The minimum Gasteiger partial charge on any atom is -0.507 e. The molecule has 0 radical (unpaired) electrons. The van der Waals surface area contributed by atoms with Crippen molar-refractivity contribution >= 4 is 17.4 Å². The summed E-state index contributed by atoms with van der Waals surface area (Å²) in [4.78, 5) is 31.8. The molecule has 9 nitrogen and oxygen atoms in total. The summed E-state index contributed by atoms with van der Waals surface area (Å²) in [7, 11) is 4.39. The molecule has 2 heterocycles. The first kappa shape index (κ1) is 24.8. The van der Waals surface area contributed by atoms with Gasteiger partial charge in [0.2, 0.25) is 5.75 Å². The number of aliphatic hydroxyl groups excluding tert-OH is 1. The van der Waals surface area contributed by atoms with Gasteiger partial charge in [-0.3, -0.25) is 9.59 Å². The number of hydrogen-bond donors (Lipinski definition) is 1. The molecule has 1 amide bonds. The van der Waals surface area contributed by atoms with E-state index in [4.69, 9.17) is 14.2 Å². The Balaban J connectivity index is 1.83. The van der Waals surface area contributed by atoms with Crippen molar-refractivity contribution in [1.82, 2.24) is 14.5 Å². The van der Waals surface area contributed by atoms with Crippen LogP contribution in [0, 0.1) is 5.82 Å². The maximum Gasteiger partial charge on any atom is 0.295 e. The van der Waals surface area contributed by atoms with E-state index >= 15 is 0 Å². The van der Waals surface area contributed by atoms with Gasteiger partial charge in [0.1, 0.15) is 11.6 Å². The first-order valence-corrected chi connectivity index (χ1v) is 11.2. The van der Waals surface area contributed by atoms with Crippen LogP contribution in [0.15, 0.2) is 60.7 Å². The number of carbonyl (C=O) groups excluding carboxylic acids is 2. The van der Waals surface area contributed by atoms with Gasteiger partial charge in [0.15, 0.2) is 11.5 Å². The lowest BCUT2D eigenvalue weighted by molar-refractivity contribution is -0.139. The zero-order valence-corrected chi connectivity index (χ0v) is 20.1. The molecule has 3 aromatic rings. The van der Waals surface area contributed by atoms with Gasteiger partial charge < -0.3 is 28.8 Å². The fourth-order valence-corrected chi connectivity index (χ4v) is 4.32. The van der Waals surface area contributed by atoms with E-state index < -0.39 is 29.3 Å². The van der Waals surface area contributed by atoms with Crippen LogP contribution in [0.3, 0.4) is 0 Å². The first-order chi connectivity index (χ1) is 17.4. The maximum atomic E-state index is 13.5. The second-order valence-corrected chi connectivity index (χ2v) is 8.11. The standard InChI is InChI=1S/C26H26FN3O6/c1-34-19-13-17(14-20(35-2)25(19)36-3)22-21(23(31)16-5-7-18(27)8-6-16)24(32)26(33)30(22)11-4-10-29-12-9-28-15-29/h5-9,12-15,22,31H,4,10-11H2,1-3H3/b23-21+/t22-/m1/s1. The molecule has 36 heavy (non-hydrogen) atoms. The monoisotopic (exact) mass is 495 g/mol. The van der Waals surface area contributed by atoms with Gasteiger partial charge in [0.05, 0.1) is 39.3 Å². The molecule has 1 atom stereocenters. The third-order valence-corrected chi connectivity index (χ3v) is 6.03. The lowest BCUT2D eigenvalue weighted by atomic mass is 9.94. The van der Waals surface area contributed by atoms with Crippen molar-refractivity contribution in [1.29, 1.82) is 0 Å². The van der Waals surface area contributed by atoms with Crippen molar-refractivity contribution in [2.24, 2.45) is 0 Å². The summed E-state index contributed by atoms with van der Waals surface area (Å²) in [6.07, 6.45) is 5.66. The summed E-state index contributed by atoms with van der Waals surface area (Å²) < 4.78 is 31.7. The smallest absolute Gasteiger partial charge is 0.295 e. The van der Waals surface area contributed by atoms with Crippen molar-refractivity contribution in [3.63, 3.8) is 0 Å². The topological polar surface area (TPSA) is 103 Å². The number of aromatic nitrogens is 2. The number of likely N-dealkylation sites (tertiary alicyclic amines) is 1. The molecule has 1 saturated heterocycles. The largest absolute Gasteiger partial charge is 0.507 e. The van der Waals surface area contributed by atoms with Crippen LogP contribution < -0.4 is 14.2 Å². The molecular formula is C26H26FN3O6. The van der Waals surface area contributed by atoms with E-state index in [0.717, 1.165) is 0 Å². The number of ketones is 1. The van der Waals surface area contributed by atoms with Crippen LogP contribution in [0.5, 0.6) is 17.2 Å². The van der Waals surface area contributed by atoms with Gasteiger partial charge in [-0.25, -0.2) is 9.37 Å². The summed E-state index contributed by atoms with van der Waals surface area (Å²) in [6, 6.07) is 7.38. The van der Waals surface area contributed by atoms with E-state index in [1.807, 2.05) is 4.57 Å². The molecule has 0 aliphatic carbocycles. The highest BCUT2D eigenvalue weighted by atomic mass is 19.1. The average molecular weight is 496 g/mol. The molecule has 1 N–H and O–H groups in total. The average Bonchev–Trinajstić information content (AvgIpc) is 3.50. The Morgan fingerprint density at radius 2 is 1.69 bits per heavy atom. The van der Waals surface area contributed by atoms with Crippen LogP contribution in [-0.2, 0) is 16.1 Å². The van der Waals surface area contributed by atoms with E-state index in [2.05, 4.69) is 4.98 Å². The molecule has 1 aromatic heterocycles. The maximum absolute atomic E-state index is 13.5. The Hall–Kier alpha value is -4.34. The van der Waals surface area contributed by atoms with Gasteiger partial charge in [0.25, 0.3) is 11.7 Å². The highest BCUT2D eigenvalue weighted by Gasteiger charge is 2.46. The third kappa shape index (κ3) is 4.61. The second kappa shape index (κ2) is 10.5. The molecule has 1 aliphatic rings. The van der Waals surface area contributed by atoms with E-state index in [9.17, 15) is 19.1 Å². The number of hydrogen-bond acceptors (Lipinski definition) is 7. The van der Waals surface area contributed by atoms with Gasteiger partial charge in [-0.2, -0.15) is 0 Å². The van der Waals surface area contributed by atoms with Crippen LogP contribution in [0.2, 0.25) is 0 Å². The van der Waals surface area contributed by atoms with E-state index in [1.165, 1.54) is 50.5 Å². The quantitative estimate of drug-likeness (QED) is 0.275. The van der Waals surface area contributed by atoms with E-state index in [1.54, 1.807) is 30.9 Å². The molecule has 2 aromatic carbocycles. The summed E-state index contributed by atoms with van der Waals surface area (Å²) in [5.74, 6) is -1.47. The lowest BCUT2D eigenvalue weighted by Gasteiger charge is -2.26. The van der Waals surface area contributed by atoms with Gasteiger partial charge in [-0.1, -0.05) is 0 Å². The fourth-order valence-electron chi connectivity index (χ4n) is 4.32. The van der Waals surface area contributed by atoms with Gasteiger partial charge in [-0.15, -0.1) is 0 Å². The Bertz CT molecular complexity index is 1260. The predicted octanol–water partition coefficient (Wildman–Crippen LogP) is 3.56. The zero-order valence-electron chi connectivity index (χ0n) is 20.1. The molecule has 0 unspecified atom stereocenters. The summed E-state index contributed by atoms with van der Waals surface area (Å²) in [5.41, 5.74) is 0.587. The van der Waals surface area contributed by atoms with Crippen molar-refractivity contribution in [2.75, 3.05) is 27.9 Å². The van der Waals surface area contributed by atoms with E-state index in [-0.39, 0.29) is 17.7 Å². The number of halogens is 1.